The van der Waals surface area contributed by atoms with Gasteiger partial charge in [0.25, 0.3) is 0 Å². The number of hydrogen-bond donors (Lipinski definition) is 2. The molecule has 0 fully saturated rings. The van der Waals surface area contributed by atoms with Gasteiger partial charge in [0, 0.05) is 11.6 Å². The number of rotatable bonds is 4. The van der Waals surface area contributed by atoms with Crippen LogP contribution in [0.3, 0.4) is 0 Å². The second-order valence-electron chi connectivity index (χ2n) is 5.26. The summed E-state index contributed by atoms with van der Waals surface area (Å²) in [5.74, 6) is -0.484. The SMILES string of the molecule is CC(C)(C)NC(=O)CNC(=O)/C=C/c1ccccc1. The minimum absolute atomic E-state index is 0.0186. The highest BCUT2D eigenvalue weighted by molar-refractivity contribution is 5.94. The summed E-state index contributed by atoms with van der Waals surface area (Å²) in [5.41, 5.74) is 0.651. The fourth-order valence-corrected chi connectivity index (χ4v) is 1.42. The Morgan fingerprint density at radius 2 is 1.79 bits per heavy atom. The minimum atomic E-state index is -0.290. The smallest absolute Gasteiger partial charge is 0.244 e. The summed E-state index contributed by atoms with van der Waals surface area (Å²) in [6.07, 6.45) is 3.12. The summed E-state index contributed by atoms with van der Waals surface area (Å²) in [5, 5.41) is 5.31. The van der Waals surface area contributed by atoms with Gasteiger partial charge in [-0.05, 0) is 32.4 Å². The molecule has 2 N–H and O–H groups in total. The molecule has 0 heterocycles. The predicted molar refractivity (Wildman–Crippen MR) is 76.4 cm³/mol. The standard InChI is InChI=1S/C15H20N2O2/c1-15(2,3)17-14(19)11-16-13(18)10-9-12-7-5-4-6-8-12/h4-10H,11H2,1-3H3,(H,16,18)(H,17,19)/b10-9+. The molecule has 0 aliphatic rings. The van der Waals surface area contributed by atoms with Gasteiger partial charge in [-0.1, -0.05) is 30.3 Å². The van der Waals surface area contributed by atoms with Crippen LogP contribution in [0.4, 0.5) is 0 Å². The van der Waals surface area contributed by atoms with E-state index in [2.05, 4.69) is 10.6 Å². The van der Waals surface area contributed by atoms with Crippen LogP contribution in [-0.4, -0.2) is 23.9 Å². The van der Waals surface area contributed by atoms with E-state index in [1.807, 2.05) is 51.1 Å². The Kier molecular flexibility index (Phi) is 5.30. The molecule has 0 spiro atoms. The van der Waals surface area contributed by atoms with Crippen molar-refractivity contribution < 1.29 is 9.59 Å². The lowest BCUT2D eigenvalue weighted by Crippen LogP contribution is -2.45. The molecule has 0 bridgehead atoms. The van der Waals surface area contributed by atoms with Gasteiger partial charge in [-0.3, -0.25) is 9.59 Å². The van der Waals surface area contributed by atoms with E-state index in [1.54, 1.807) is 6.08 Å². The van der Waals surface area contributed by atoms with Gasteiger partial charge in [-0.25, -0.2) is 0 Å². The van der Waals surface area contributed by atoms with E-state index >= 15 is 0 Å². The molecule has 19 heavy (non-hydrogen) atoms. The second kappa shape index (κ2) is 6.73. The van der Waals surface area contributed by atoms with Crippen molar-refractivity contribution >= 4 is 17.9 Å². The van der Waals surface area contributed by atoms with Crippen LogP contribution in [0.2, 0.25) is 0 Å². The van der Waals surface area contributed by atoms with Crippen LogP contribution in [0, 0.1) is 0 Å². The Bertz CT molecular complexity index is 459. The van der Waals surface area contributed by atoms with E-state index in [0.29, 0.717) is 0 Å². The van der Waals surface area contributed by atoms with Crippen LogP contribution < -0.4 is 10.6 Å². The van der Waals surface area contributed by atoms with Gasteiger partial charge < -0.3 is 10.6 Å². The Morgan fingerprint density at radius 3 is 2.37 bits per heavy atom. The molecular weight excluding hydrogens is 240 g/mol. The number of benzene rings is 1. The molecule has 0 saturated carbocycles. The first-order chi connectivity index (χ1) is 8.87. The highest BCUT2D eigenvalue weighted by Gasteiger charge is 2.13. The molecule has 4 heteroatoms. The van der Waals surface area contributed by atoms with Crippen molar-refractivity contribution in [3.05, 3.63) is 42.0 Å². The first-order valence-electron chi connectivity index (χ1n) is 6.19. The van der Waals surface area contributed by atoms with Gasteiger partial charge in [0.2, 0.25) is 11.8 Å². The highest BCUT2D eigenvalue weighted by atomic mass is 16.2. The van der Waals surface area contributed by atoms with E-state index in [1.165, 1.54) is 6.08 Å². The third-order valence-corrected chi connectivity index (χ3v) is 2.16. The number of hydrogen-bond acceptors (Lipinski definition) is 2. The monoisotopic (exact) mass is 260 g/mol. The molecule has 0 aliphatic heterocycles. The Balaban J connectivity index is 2.36. The molecule has 0 radical (unpaired) electrons. The maximum atomic E-state index is 11.5. The molecule has 0 atom stereocenters. The summed E-state index contributed by atoms with van der Waals surface area (Å²) in [4.78, 5) is 23.0. The van der Waals surface area contributed by atoms with Crippen LogP contribution in [0.1, 0.15) is 26.3 Å². The van der Waals surface area contributed by atoms with E-state index in [0.717, 1.165) is 5.56 Å². The molecular formula is C15H20N2O2. The van der Waals surface area contributed by atoms with Gasteiger partial charge in [0.15, 0.2) is 0 Å². The Labute approximate surface area is 113 Å². The van der Waals surface area contributed by atoms with Crippen LogP contribution in [-0.2, 0) is 9.59 Å². The third kappa shape index (κ3) is 7.03. The van der Waals surface area contributed by atoms with Crippen molar-refractivity contribution in [3.8, 4) is 0 Å². The summed E-state index contributed by atoms with van der Waals surface area (Å²) in [7, 11) is 0. The Hall–Kier alpha value is -2.10. The number of nitrogens with one attached hydrogen (secondary N) is 2. The van der Waals surface area contributed by atoms with Gasteiger partial charge in [-0.15, -0.1) is 0 Å². The molecule has 2 amide bonds. The molecule has 1 aromatic carbocycles. The number of carbonyl (C=O) groups is 2. The van der Waals surface area contributed by atoms with Gasteiger partial charge in [-0.2, -0.15) is 0 Å². The second-order valence-corrected chi connectivity index (χ2v) is 5.26. The molecule has 0 aliphatic carbocycles. The zero-order valence-corrected chi connectivity index (χ0v) is 11.6. The molecule has 0 saturated heterocycles. The average Bonchev–Trinajstić information content (AvgIpc) is 2.33. The summed E-state index contributed by atoms with van der Waals surface area (Å²) < 4.78 is 0. The van der Waals surface area contributed by atoms with Gasteiger partial charge >= 0.3 is 0 Å². The van der Waals surface area contributed by atoms with Crippen LogP contribution >= 0.6 is 0 Å². The molecule has 102 valence electrons. The van der Waals surface area contributed by atoms with E-state index < -0.39 is 0 Å². The first kappa shape index (κ1) is 15.0. The fraction of sp³-hybridized carbons (Fsp3) is 0.333. The first-order valence-corrected chi connectivity index (χ1v) is 6.19. The molecule has 1 aromatic rings. The summed E-state index contributed by atoms with van der Waals surface area (Å²) in [6, 6.07) is 9.50. The fourth-order valence-electron chi connectivity index (χ4n) is 1.42. The molecule has 0 unspecified atom stereocenters. The topological polar surface area (TPSA) is 58.2 Å². The van der Waals surface area contributed by atoms with Crippen molar-refractivity contribution in [2.24, 2.45) is 0 Å². The number of amides is 2. The summed E-state index contributed by atoms with van der Waals surface area (Å²) >= 11 is 0. The average molecular weight is 260 g/mol. The van der Waals surface area contributed by atoms with E-state index in [9.17, 15) is 9.59 Å². The maximum absolute atomic E-state index is 11.5. The third-order valence-electron chi connectivity index (χ3n) is 2.16. The maximum Gasteiger partial charge on any atom is 0.244 e. The molecule has 0 aromatic heterocycles. The predicted octanol–water partition coefficient (Wildman–Crippen LogP) is 1.73. The van der Waals surface area contributed by atoms with Crippen molar-refractivity contribution in [2.45, 2.75) is 26.3 Å². The molecule has 4 nitrogen and oxygen atoms in total. The van der Waals surface area contributed by atoms with E-state index in [-0.39, 0.29) is 23.9 Å². The van der Waals surface area contributed by atoms with Crippen LogP contribution in [0.25, 0.3) is 6.08 Å². The zero-order valence-electron chi connectivity index (χ0n) is 11.6. The minimum Gasteiger partial charge on any atom is -0.350 e. The normalized spacial score (nSPS) is 11.3. The van der Waals surface area contributed by atoms with Gasteiger partial charge in [0.1, 0.15) is 0 Å². The lowest BCUT2D eigenvalue weighted by Gasteiger charge is -2.20. The highest BCUT2D eigenvalue weighted by Crippen LogP contribution is 2.00. The summed E-state index contributed by atoms with van der Waals surface area (Å²) in [6.45, 7) is 5.65. The van der Waals surface area contributed by atoms with E-state index in [4.69, 9.17) is 0 Å². The van der Waals surface area contributed by atoms with Crippen LogP contribution in [0.5, 0.6) is 0 Å². The van der Waals surface area contributed by atoms with Crippen molar-refractivity contribution in [2.75, 3.05) is 6.54 Å². The zero-order chi connectivity index (χ0) is 14.3. The number of carbonyl (C=O) groups excluding carboxylic acids is 2. The van der Waals surface area contributed by atoms with Crippen molar-refractivity contribution in [3.63, 3.8) is 0 Å². The lowest BCUT2D eigenvalue weighted by atomic mass is 10.1. The van der Waals surface area contributed by atoms with Crippen molar-refractivity contribution in [1.82, 2.24) is 10.6 Å². The lowest BCUT2D eigenvalue weighted by molar-refractivity contribution is -0.124. The van der Waals surface area contributed by atoms with Gasteiger partial charge in [0.05, 0.1) is 6.54 Å². The Morgan fingerprint density at radius 1 is 1.16 bits per heavy atom. The quantitative estimate of drug-likeness (QED) is 0.810. The molecule has 1 rings (SSSR count). The largest absolute Gasteiger partial charge is 0.350 e. The van der Waals surface area contributed by atoms with Crippen molar-refractivity contribution in [1.29, 1.82) is 0 Å². The van der Waals surface area contributed by atoms with Crippen LogP contribution in [0.15, 0.2) is 36.4 Å².